The summed E-state index contributed by atoms with van der Waals surface area (Å²) in [6.45, 7) is 25.3. The highest BCUT2D eigenvalue weighted by molar-refractivity contribution is 5.85. The monoisotopic (exact) mass is 669 g/mol. The zero-order chi connectivity index (χ0) is 35.2. The summed E-state index contributed by atoms with van der Waals surface area (Å²) in [4.78, 5) is 4.85. The number of nitrogens with zero attached hydrogens (tertiary/aromatic N) is 2. The summed E-state index contributed by atoms with van der Waals surface area (Å²) in [6, 6.07) is 19.0. The molecule has 1 aliphatic carbocycles. The van der Waals surface area contributed by atoms with Gasteiger partial charge in [0.05, 0.1) is 0 Å². The molecule has 0 heterocycles. The van der Waals surface area contributed by atoms with E-state index in [4.69, 9.17) is 9.47 Å². The van der Waals surface area contributed by atoms with Crippen molar-refractivity contribution in [3.8, 4) is 33.8 Å². The summed E-state index contributed by atoms with van der Waals surface area (Å²) in [5.74, 6) is 1.92. The van der Waals surface area contributed by atoms with Gasteiger partial charge in [0, 0.05) is 24.1 Å². The minimum atomic E-state index is 0.0474. The topological polar surface area (TPSA) is 24.9 Å². The van der Waals surface area contributed by atoms with E-state index in [2.05, 4.69) is 114 Å². The lowest BCUT2D eigenvalue weighted by Crippen LogP contribution is -2.28. The van der Waals surface area contributed by atoms with Crippen LogP contribution in [0.25, 0.3) is 22.3 Å². The van der Waals surface area contributed by atoms with Gasteiger partial charge < -0.3 is 19.3 Å². The number of aryl methyl sites for hydroxylation is 2. The molecule has 4 nitrogen and oxygen atoms in total. The van der Waals surface area contributed by atoms with E-state index in [1.54, 1.807) is 5.56 Å². The van der Waals surface area contributed by atoms with Crippen LogP contribution in [0.2, 0.25) is 0 Å². The average Bonchev–Trinajstić information content (AvgIpc) is 3.37. The number of fused-ring (bicyclic) bond motifs is 3. The number of hydrogen-bond acceptors (Lipinski definition) is 4. The van der Waals surface area contributed by atoms with Gasteiger partial charge in [-0.25, -0.2) is 0 Å². The first-order valence-corrected chi connectivity index (χ1v) is 20.0. The molecule has 3 aromatic carbocycles. The van der Waals surface area contributed by atoms with Gasteiger partial charge in [-0.15, -0.1) is 0 Å². The number of ether oxygens (including phenoxy) is 2. The Kier molecular flexibility index (Phi) is 15.5. The first kappa shape index (κ1) is 39.0. The molecule has 0 atom stereocenters. The fraction of sp³-hybridized carbons (Fsp3) is 0.600. The van der Waals surface area contributed by atoms with Crippen LogP contribution in [0.15, 0.2) is 48.5 Å². The van der Waals surface area contributed by atoms with Crippen LogP contribution in [0.1, 0.15) is 128 Å². The second-order valence-corrected chi connectivity index (χ2v) is 14.4. The Hall–Kier alpha value is -2.82. The molecular weight excluding hydrogens is 601 g/mol. The van der Waals surface area contributed by atoms with Crippen LogP contribution in [0.4, 0.5) is 0 Å². The lowest BCUT2D eigenvalue weighted by Gasteiger charge is -2.33. The third-order valence-electron chi connectivity index (χ3n) is 11.1. The van der Waals surface area contributed by atoms with E-state index in [0.717, 1.165) is 61.9 Å². The zero-order valence-electron chi connectivity index (χ0n) is 32.6. The second-order valence-electron chi connectivity index (χ2n) is 14.4. The summed E-state index contributed by atoms with van der Waals surface area (Å²) < 4.78 is 13.2. The molecule has 0 N–H and O–H groups in total. The molecule has 0 aromatic heterocycles. The Bertz CT molecular complexity index is 1430. The molecule has 0 aliphatic heterocycles. The summed E-state index contributed by atoms with van der Waals surface area (Å²) in [6.07, 6.45) is 12.7. The maximum absolute atomic E-state index is 6.67. The van der Waals surface area contributed by atoms with Gasteiger partial charge in [0.1, 0.15) is 24.7 Å². The Balaban J connectivity index is 1.80. The predicted molar refractivity (Wildman–Crippen MR) is 212 cm³/mol. The SMILES string of the molecule is CCCCCCC1(CCCCCC)c2cc(C)ccc2-c2ccc(-c3cc(OCCN(CC)CC)c(C)cc3OCCN(CC)CC)cc21. The Morgan fingerprint density at radius 3 is 1.61 bits per heavy atom. The van der Waals surface area contributed by atoms with E-state index in [1.807, 2.05) is 0 Å². The quantitative estimate of drug-likeness (QED) is 0.0939. The van der Waals surface area contributed by atoms with Crippen LogP contribution in [0, 0.1) is 13.8 Å². The first-order valence-electron chi connectivity index (χ1n) is 20.0. The molecule has 4 heteroatoms. The second kappa shape index (κ2) is 19.5. The molecule has 1 aliphatic rings. The maximum atomic E-state index is 6.67. The molecule has 0 radical (unpaired) electrons. The standard InChI is InChI=1S/C45H68N2O2/c1-9-15-17-19-25-45(26-20-18-16-10-2)41-31-35(7)21-23-38(41)39-24-22-37(33-42(39)45)40-34-43(48-29-27-46(11-3)12-4)36(8)32-44(40)49-30-28-47(13-5)14-6/h21-24,31-34H,9-20,25-30H2,1-8H3. The van der Waals surface area contributed by atoms with Crippen LogP contribution in [-0.2, 0) is 5.41 Å². The van der Waals surface area contributed by atoms with Crippen LogP contribution in [0.3, 0.4) is 0 Å². The average molecular weight is 669 g/mol. The summed E-state index contributed by atoms with van der Waals surface area (Å²) in [7, 11) is 0. The van der Waals surface area contributed by atoms with Crippen molar-refractivity contribution in [2.45, 2.75) is 125 Å². The Labute approximate surface area is 300 Å². The molecule has 0 bridgehead atoms. The summed E-state index contributed by atoms with van der Waals surface area (Å²) in [5.41, 5.74) is 10.9. The molecule has 0 fully saturated rings. The number of rotatable bonds is 23. The Morgan fingerprint density at radius 1 is 0.531 bits per heavy atom. The van der Waals surface area contributed by atoms with Crippen LogP contribution in [0.5, 0.6) is 11.5 Å². The normalized spacial score (nSPS) is 13.3. The third kappa shape index (κ3) is 9.70. The van der Waals surface area contributed by atoms with E-state index in [0.29, 0.717) is 13.2 Å². The van der Waals surface area contributed by atoms with Gasteiger partial charge in [-0.1, -0.05) is 129 Å². The van der Waals surface area contributed by atoms with E-state index >= 15 is 0 Å². The van der Waals surface area contributed by atoms with Crippen molar-refractivity contribution in [2.24, 2.45) is 0 Å². The van der Waals surface area contributed by atoms with Crippen molar-refractivity contribution in [3.63, 3.8) is 0 Å². The van der Waals surface area contributed by atoms with Crippen molar-refractivity contribution >= 4 is 0 Å². The minimum Gasteiger partial charge on any atom is -0.492 e. The van der Waals surface area contributed by atoms with E-state index < -0.39 is 0 Å². The molecule has 0 spiro atoms. The molecule has 49 heavy (non-hydrogen) atoms. The highest BCUT2D eigenvalue weighted by atomic mass is 16.5. The lowest BCUT2D eigenvalue weighted by atomic mass is 9.70. The van der Waals surface area contributed by atoms with Gasteiger partial charge in [0.15, 0.2) is 0 Å². The highest BCUT2D eigenvalue weighted by Gasteiger charge is 2.42. The maximum Gasteiger partial charge on any atom is 0.127 e. The van der Waals surface area contributed by atoms with E-state index in [-0.39, 0.29) is 5.41 Å². The van der Waals surface area contributed by atoms with E-state index in [9.17, 15) is 0 Å². The predicted octanol–water partition coefficient (Wildman–Crippen LogP) is 11.6. The van der Waals surface area contributed by atoms with Gasteiger partial charge in [-0.2, -0.15) is 0 Å². The van der Waals surface area contributed by atoms with Crippen molar-refractivity contribution in [1.29, 1.82) is 0 Å². The molecule has 0 unspecified atom stereocenters. The summed E-state index contributed by atoms with van der Waals surface area (Å²) >= 11 is 0. The first-order chi connectivity index (χ1) is 23.8. The number of benzene rings is 3. The number of hydrogen-bond donors (Lipinski definition) is 0. The highest BCUT2D eigenvalue weighted by Crippen LogP contribution is 2.55. The van der Waals surface area contributed by atoms with E-state index in [1.165, 1.54) is 92.0 Å². The number of likely N-dealkylation sites (N-methyl/N-ethyl adjacent to an activating group) is 2. The lowest BCUT2D eigenvalue weighted by molar-refractivity contribution is 0.219. The van der Waals surface area contributed by atoms with Crippen molar-refractivity contribution < 1.29 is 9.47 Å². The van der Waals surface area contributed by atoms with Crippen molar-refractivity contribution in [3.05, 3.63) is 70.8 Å². The molecule has 0 saturated carbocycles. The minimum absolute atomic E-state index is 0.0474. The van der Waals surface area contributed by atoms with Gasteiger partial charge in [0.25, 0.3) is 0 Å². The van der Waals surface area contributed by atoms with Gasteiger partial charge >= 0.3 is 0 Å². The molecule has 0 saturated heterocycles. The smallest absolute Gasteiger partial charge is 0.127 e. The fourth-order valence-electron chi connectivity index (χ4n) is 7.96. The van der Waals surface area contributed by atoms with Gasteiger partial charge in [-0.3, -0.25) is 0 Å². The largest absolute Gasteiger partial charge is 0.492 e. The van der Waals surface area contributed by atoms with Crippen LogP contribution in [-0.4, -0.2) is 62.3 Å². The third-order valence-corrected chi connectivity index (χ3v) is 11.1. The van der Waals surface area contributed by atoms with Gasteiger partial charge in [0.2, 0.25) is 0 Å². The summed E-state index contributed by atoms with van der Waals surface area (Å²) in [5, 5.41) is 0. The molecule has 3 aromatic rings. The van der Waals surface area contributed by atoms with Gasteiger partial charge in [-0.05, 0) is 104 Å². The number of unbranched alkanes of at least 4 members (excludes halogenated alkanes) is 6. The molecular formula is C45H68N2O2. The molecule has 4 rings (SSSR count). The zero-order valence-corrected chi connectivity index (χ0v) is 32.6. The molecule has 0 amide bonds. The van der Waals surface area contributed by atoms with Crippen molar-refractivity contribution in [2.75, 3.05) is 52.5 Å². The van der Waals surface area contributed by atoms with Crippen molar-refractivity contribution in [1.82, 2.24) is 9.80 Å². The van der Waals surface area contributed by atoms with Crippen LogP contribution >= 0.6 is 0 Å². The molecule has 270 valence electrons. The van der Waals surface area contributed by atoms with Crippen LogP contribution < -0.4 is 9.47 Å². The fourth-order valence-corrected chi connectivity index (χ4v) is 7.96. The Morgan fingerprint density at radius 2 is 1.06 bits per heavy atom.